The zero-order chi connectivity index (χ0) is 29.7. The molecule has 0 rings (SSSR count). The third kappa shape index (κ3) is 11.8. The van der Waals surface area contributed by atoms with E-state index in [2.05, 4.69) is 6.92 Å². The molecular weight excluding hydrogens is 520 g/mol. The highest BCUT2D eigenvalue weighted by molar-refractivity contribution is 7.92. The fraction of sp³-hybridized carbons (Fsp3) is 1.00. The van der Waals surface area contributed by atoms with Crippen molar-refractivity contribution in [2.24, 2.45) is 0 Å². The zero-order valence-electron chi connectivity index (χ0n) is 26.6. The summed E-state index contributed by atoms with van der Waals surface area (Å²) in [5, 5.41) is 0. The lowest BCUT2D eigenvalue weighted by Crippen LogP contribution is -2.62. The smallest absolute Gasteiger partial charge is 0.302 e. The number of hydrogen-bond donors (Lipinski definition) is 0. The van der Waals surface area contributed by atoms with Crippen LogP contribution in [0.5, 0.6) is 0 Å². The monoisotopic (exact) mass is 582 g/mol. The largest absolute Gasteiger partial charge is 0.331 e. The number of hydrogen-bond acceptors (Lipinski definition) is 8. The molecule has 39 heavy (non-hydrogen) atoms. The van der Waals surface area contributed by atoms with E-state index >= 15 is 0 Å². The molecule has 0 aromatic rings. The highest BCUT2D eigenvalue weighted by atomic mass is 32.2. The van der Waals surface area contributed by atoms with Gasteiger partial charge in [0.1, 0.15) is 0 Å². The Morgan fingerprint density at radius 3 is 1.10 bits per heavy atom. The summed E-state index contributed by atoms with van der Waals surface area (Å²) in [6.07, 6.45) is 17.8. The number of unbranched alkanes of at least 4 members (excludes halogenated alkanes) is 13. The van der Waals surface area contributed by atoms with Crippen LogP contribution in [0.2, 0.25) is 0 Å². The fourth-order valence-electron chi connectivity index (χ4n) is 5.75. The zero-order valence-corrected chi connectivity index (χ0v) is 27.4. The average Bonchev–Trinajstić information content (AvgIpc) is 2.96. The Balaban J connectivity index is 4.89. The predicted octanol–water partition coefficient (Wildman–Crippen LogP) is 7.39. The summed E-state index contributed by atoms with van der Waals surface area (Å²) in [5.74, 6) is -2.51. The normalized spacial score (nSPS) is 14.6. The summed E-state index contributed by atoms with van der Waals surface area (Å²) >= 11 is 0. The molecule has 0 aromatic carbocycles. The summed E-state index contributed by atoms with van der Waals surface area (Å²) in [7, 11) is 5.70. The standard InChI is InChI=1S/C30H62O8S/c1-9-11-12-13-19-22-25-28(39(31,32)10-2,30(36-6,37-7)38-8)26-23-20-17-15-14-16-18-21-24-27-29(33-3,34-4)35-5/h9-27H2,1-8H3. The minimum atomic E-state index is -3.54. The second-order valence-electron chi connectivity index (χ2n) is 10.6. The third-order valence-electron chi connectivity index (χ3n) is 8.27. The molecule has 0 bridgehead atoms. The maximum absolute atomic E-state index is 13.7. The highest BCUT2D eigenvalue weighted by Crippen LogP contribution is 2.44. The van der Waals surface area contributed by atoms with E-state index in [9.17, 15) is 8.42 Å². The second-order valence-corrected chi connectivity index (χ2v) is 13.1. The first-order valence-corrected chi connectivity index (χ1v) is 16.9. The number of ether oxygens (including phenoxy) is 6. The van der Waals surface area contributed by atoms with Gasteiger partial charge in [0, 0.05) is 54.8 Å². The van der Waals surface area contributed by atoms with E-state index in [-0.39, 0.29) is 5.75 Å². The van der Waals surface area contributed by atoms with E-state index in [4.69, 9.17) is 28.4 Å². The lowest BCUT2D eigenvalue weighted by atomic mass is 9.90. The summed E-state index contributed by atoms with van der Waals surface area (Å²) in [5.41, 5.74) is 0. The van der Waals surface area contributed by atoms with Gasteiger partial charge in [-0.1, -0.05) is 104 Å². The molecule has 0 spiro atoms. The third-order valence-corrected chi connectivity index (χ3v) is 10.9. The van der Waals surface area contributed by atoms with Crippen molar-refractivity contribution in [3.63, 3.8) is 0 Å². The summed E-state index contributed by atoms with van der Waals surface area (Å²) in [4.78, 5) is 0. The Bertz CT molecular complexity index is 660. The van der Waals surface area contributed by atoms with Gasteiger partial charge in [0.25, 0.3) is 5.97 Å². The average molecular weight is 583 g/mol. The minimum absolute atomic E-state index is 0.0287. The first-order valence-electron chi connectivity index (χ1n) is 15.2. The molecule has 0 aliphatic carbocycles. The van der Waals surface area contributed by atoms with Gasteiger partial charge < -0.3 is 28.4 Å². The molecule has 0 saturated carbocycles. The van der Waals surface area contributed by atoms with Crippen LogP contribution in [0, 0.1) is 0 Å². The molecule has 8 nitrogen and oxygen atoms in total. The first-order chi connectivity index (χ1) is 18.7. The highest BCUT2D eigenvalue weighted by Gasteiger charge is 2.61. The Labute approximate surface area is 241 Å². The van der Waals surface area contributed by atoms with Gasteiger partial charge in [-0.15, -0.1) is 0 Å². The number of sulfone groups is 1. The van der Waals surface area contributed by atoms with Gasteiger partial charge >= 0.3 is 5.97 Å². The van der Waals surface area contributed by atoms with Crippen LogP contribution < -0.4 is 0 Å². The molecule has 0 aromatic heterocycles. The van der Waals surface area contributed by atoms with E-state index in [1.54, 1.807) is 28.3 Å². The van der Waals surface area contributed by atoms with Gasteiger partial charge in [-0.2, -0.15) is 0 Å². The molecule has 1 unspecified atom stereocenters. The lowest BCUT2D eigenvalue weighted by molar-refractivity contribution is -0.371. The summed E-state index contributed by atoms with van der Waals surface area (Å²) in [6.45, 7) is 3.90. The molecule has 0 heterocycles. The van der Waals surface area contributed by atoms with Crippen molar-refractivity contribution in [2.45, 2.75) is 146 Å². The van der Waals surface area contributed by atoms with E-state index in [1.807, 2.05) is 0 Å². The predicted molar refractivity (Wildman–Crippen MR) is 158 cm³/mol. The molecule has 1 atom stereocenters. The van der Waals surface area contributed by atoms with E-state index in [0.717, 1.165) is 57.8 Å². The van der Waals surface area contributed by atoms with Crippen molar-refractivity contribution in [2.75, 3.05) is 48.4 Å². The van der Waals surface area contributed by atoms with Crippen molar-refractivity contribution >= 4 is 9.84 Å². The lowest BCUT2D eigenvalue weighted by Gasteiger charge is -2.46. The first kappa shape index (κ1) is 38.7. The second kappa shape index (κ2) is 21.4. The Hall–Kier alpha value is -0.290. The van der Waals surface area contributed by atoms with Crippen molar-refractivity contribution in [1.82, 2.24) is 0 Å². The van der Waals surface area contributed by atoms with Crippen LogP contribution >= 0.6 is 0 Å². The van der Waals surface area contributed by atoms with Crippen LogP contribution in [0.4, 0.5) is 0 Å². The molecule has 0 aliphatic heterocycles. The summed E-state index contributed by atoms with van der Waals surface area (Å²) < 4.78 is 59.3. The van der Waals surface area contributed by atoms with Gasteiger partial charge in [-0.3, -0.25) is 0 Å². The number of rotatable bonds is 28. The van der Waals surface area contributed by atoms with E-state index in [0.29, 0.717) is 19.3 Å². The summed E-state index contributed by atoms with van der Waals surface area (Å²) in [6, 6.07) is 0. The topological polar surface area (TPSA) is 89.5 Å². The Morgan fingerprint density at radius 2 is 0.795 bits per heavy atom. The molecule has 9 heteroatoms. The molecular formula is C30H62O8S. The van der Waals surface area contributed by atoms with Gasteiger partial charge in [-0.05, 0) is 19.3 Å². The van der Waals surface area contributed by atoms with Crippen molar-refractivity contribution in [1.29, 1.82) is 0 Å². The molecule has 0 saturated heterocycles. The van der Waals surface area contributed by atoms with Crippen molar-refractivity contribution in [3.05, 3.63) is 0 Å². The molecule has 236 valence electrons. The van der Waals surface area contributed by atoms with Gasteiger partial charge in [0.15, 0.2) is 14.6 Å². The van der Waals surface area contributed by atoms with E-state index in [1.165, 1.54) is 59.9 Å². The van der Waals surface area contributed by atoms with Gasteiger partial charge in [-0.25, -0.2) is 8.42 Å². The molecule has 0 fully saturated rings. The minimum Gasteiger partial charge on any atom is -0.331 e. The maximum atomic E-state index is 13.7. The molecule has 0 aliphatic rings. The maximum Gasteiger partial charge on any atom is 0.302 e. The van der Waals surface area contributed by atoms with E-state index < -0.39 is 26.5 Å². The van der Waals surface area contributed by atoms with Crippen LogP contribution in [0.3, 0.4) is 0 Å². The van der Waals surface area contributed by atoms with Crippen LogP contribution in [0.15, 0.2) is 0 Å². The van der Waals surface area contributed by atoms with Crippen LogP contribution in [0.1, 0.15) is 129 Å². The SMILES string of the molecule is CCCCCCCCC(CCCCCCCCCCCC(OC)(OC)OC)(C(OC)(OC)OC)S(=O)(=O)CC. The van der Waals surface area contributed by atoms with Crippen LogP contribution in [0.25, 0.3) is 0 Å². The quantitative estimate of drug-likeness (QED) is 0.0697. The van der Waals surface area contributed by atoms with Crippen LogP contribution in [-0.2, 0) is 38.3 Å². The molecule has 0 N–H and O–H groups in total. The molecule has 0 radical (unpaired) electrons. The number of methoxy groups -OCH3 is 6. The Morgan fingerprint density at radius 1 is 0.462 bits per heavy atom. The Kier molecular flexibility index (Phi) is 21.3. The van der Waals surface area contributed by atoms with Crippen molar-refractivity contribution in [3.8, 4) is 0 Å². The fourth-order valence-corrected chi connectivity index (χ4v) is 7.85. The van der Waals surface area contributed by atoms with Crippen LogP contribution in [-0.4, -0.2) is 73.5 Å². The van der Waals surface area contributed by atoms with Crippen molar-refractivity contribution < 1.29 is 36.8 Å². The van der Waals surface area contributed by atoms with Gasteiger partial charge in [0.2, 0.25) is 0 Å². The molecule has 0 amide bonds. The van der Waals surface area contributed by atoms with Gasteiger partial charge in [0.05, 0.1) is 0 Å².